The Labute approximate surface area is 146 Å². The third-order valence-electron chi connectivity index (χ3n) is 2.81. The van der Waals surface area contributed by atoms with Gasteiger partial charge in [0.25, 0.3) is 0 Å². The highest BCUT2D eigenvalue weighted by Gasteiger charge is 2.16. The Hall–Kier alpha value is -0.470. The fourth-order valence-electron chi connectivity index (χ4n) is 1.58. The summed E-state index contributed by atoms with van der Waals surface area (Å²) in [6, 6.07) is 5.33. The summed E-state index contributed by atoms with van der Waals surface area (Å²) in [5.74, 6) is 0.295. The van der Waals surface area contributed by atoms with Crippen LogP contribution in [0, 0.1) is 0 Å². The van der Waals surface area contributed by atoms with Gasteiger partial charge in [-0.3, -0.25) is 4.79 Å². The molecule has 1 atom stereocenters. The molecular formula is C13H20Cl2N2O3S2. The third kappa shape index (κ3) is 7.19. The van der Waals surface area contributed by atoms with E-state index in [0.717, 1.165) is 5.75 Å². The minimum atomic E-state index is -3.43. The van der Waals surface area contributed by atoms with Crippen molar-refractivity contribution in [3.63, 3.8) is 0 Å². The summed E-state index contributed by atoms with van der Waals surface area (Å²) in [7, 11) is -3.43. The zero-order valence-electron chi connectivity index (χ0n) is 12.1. The summed E-state index contributed by atoms with van der Waals surface area (Å²) >= 11 is 7.32. The number of thioether (sulfide) groups is 1. The molecule has 0 radical (unpaired) electrons. The molecule has 0 bridgehead atoms. The molecule has 0 heterocycles. The van der Waals surface area contributed by atoms with Crippen molar-refractivity contribution in [2.24, 2.45) is 5.73 Å². The minimum Gasteiger partial charge on any atom is -0.354 e. The number of nitrogens with two attached hydrogens (primary N) is 1. The molecule has 0 aliphatic carbocycles. The van der Waals surface area contributed by atoms with Crippen molar-refractivity contribution in [1.82, 2.24) is 5.32 Å². The normalized spacial score (nSPS) is 12.3. The quantitative estimate of drug-likeness (QED) is 0.709. The standard InChI is InChI=1S/C13H19ClN2O3S2.ClH/c1-20-8-6-12(15)13(17)16-7-9-21(18,19)11-4-2-10(14)3-5-11;/h2-5,12H,6-9,15H2,1H3,(H,16,17);1H/t12-;/m0./s1. The van der Waals surface area contributed by atoms with E-state index in [2.05, 4.69) is 5.32 Å². The van der Waals surface area contributed by atoms with Crippen LogP contribution in [0.15, 0.2) is 29.2 Å². The van der Waals surface area contributed by atoms with Crippen LogP contribution in [0.1, 0.15) is 6.42 Å². The molecule has 0 unspecified atom stereocenters. The second-order valence-electron chi connectivity index (χ2n) is 4.45. The molecule has 1 aromatic carbocycles. The van der Waals surface area contributed by atoms with Crippen LogP contribution in [0.25, 0.3) is 0 Å². The number of carbonyl (C=O) groups is 1. The number of sulfone groups is 1. The maximum Gasteiger partial charge on any atom is 0.236 e. The first-order chi connectivity index (χ1) is 9.86. The number of nitrogens with one attached hydrogen (secondary N) is 1. The molecule has 0 saturated heterocycles. The van der Waals surface area contributed by atoms with Gasteiger partial charge in [0.1, 0.15) is 0 Å². The zero-order chi connectivity index (χ0) is 15.9. The lowest BCUT2D eigenvalue weighted by Gasteiger charge is -2.11. The first-order valence-corrected chi connectivity index (χ1v) is 9.80. The van der Waals surface area contributed by atoms with E-state index in [1.807, 2.05) is 6.26 Å². The highest BCUT2D eigenvalue weighted by molar-refractivity contribution is 7.98. The van der Waals surface area contributed by atoms with Crippen molar-refractivity contribution in [2.45, 2.75) is 17.4 Å². The van der Waals surface area contributed by atoms with E-state index in [1.165, 1.54) is 24.3 Å². The fraction of sp³-hybridized carbons (Fsp3) is 0.462. The molecule has 1 amide bonds. The topological polar surface area (TPSA) is 89.3 Å². The van der Waals surface area contributed by atoms with E-state index in [0.29, 0.717) is 11.4 Å². The molecule has 0 spiro atoms. The first kappa shape index (κ1) is 21.5. The van der Waals surface area contributed by atoms with E-state index < -0.39 is 15.9 Å². The molecule has 1 rings (SSSR count). The summed E-state index contributed by atoms with van der Waals surface area (Å²) in [6.45, 7) is 0.0385. The Kier molecular flexibility index (Phi) is 10.1. The van der Waals surface area contributed by atoms with Crippen LogP contribution < -0.4 is 11.1 Å². The number of benzene rings is 1. The molecule has 0 fully saturated rings. The predicted molar refractivity (Wildman–Crippen MR) is 94.7 cm³/mol. The van der Waals surface area contributed by atoms with Crippen molar-refractivity contribution in [1.29, 1.82) is 0 Å². The van der Waals surface area contributed by atoms with Crippen molar-refractivity contribution < 1.29 is 13.2 Å². The van der Waals surface area contributed by atoms with E-state index in [-0.39, 0.29) is 35.5 Å². The molecule has 0 aliphatic rings. The molecule has 126 valence electrons. The molecule has 22 heavy (non-hydrogen) atoms. The number of halogens is 2. The Bertz CT molecular complexity index is 565. The lowest BCUT2D eigenvalue weighted by Crippen LogP contribution is -2.42. The number of carbonyl (C=O) groups excluding carboxylic acids is 1. The number of hydrogen-bond donors (Lipinski definition) is 2. The SMILES string of the molecule is CSCC[C@H](N)C(=O)NCCS(=O)(=O)c1ccc(Cl)cc1.Cl. The van der Waals surface area contributed by atoms with E-state index in [9.17, 15) is 13.2 Å². The highest BCUT2D eigenvalue weighted by Crippen LogP contribution is 2.15. The first-order valence-electron chi connectivity index (χ1n) is 6.37. The molecule has 0 aromatic heterocycles. The average Bonchev–Trinajstić information content (AvgIpc) is 2.44. The average molecular weight is 387 g/mol. The number of rotatable bonds is 8. The highest BCUT2D eigenvalue weighted by atomic mass is 35.5. The van der Waals surface area contributed by atoms with Crippen molar-refractivity contribution >= 4 is 51.5 Å². The lowest BCUT2D eigenvalue weighted by atomic mass is 10.2. The van der Waals surface area contributed by atoms with Crippen LogP contribution in [-0.2, 0) is 14.6 Å². The Balaban J connectivity index is 0.00000441. The van der Waals surface area contributed by atoms with Crippen molar-refractivity contribution in [2.75, 3.05) is 24.3 Å². The molecular weight excluding hydrogens is 367 g/mol. The predicted octanol–water partition coefficient (Wildman–Crippen LogP) is 1.73. The van der Waals surface area contributed by atoms with Gasteiger partial charge < -0.3 is 11.1 Å². The fourth-order valence-corrected chi connectivity index (χ4v) is 3.35. The molecule has 3 N–H and O–H groups in total. The molecule has 9 heteroatoms. The summed E-state index contributed by atoms with van der Waals surface area (Å²) in [6.07, 6.45) is 2.50. The van der Waals surface area contributed by atoms with Crippen LogP contribution in [0.3, 0.4) is 0 Å². The minimum absolute atomic E-state index is 0. The second-order valence-corrected chi connectivity index (χ2v) is 7.98. The van der Waals surface area contributed by atoms with Gasteiger partial charge in [0.15, 0.2) is 9.84 Å². The molecule has 0 saturated carbocycles. The monoisotopic (exact) mass is 386 g/mol. The van der Waals surface area contributed by atoms with Gasteiger partial charge in [-0.15, -0.1) is 12.4 Å². The zero-order valence-corrected chi connectivity index (χ0v) is 15.3. The van der Waals surface area contributed by atoms with E-state index >= 15 is 0 Å². The van der Waals surface area contributed by atoms with Crippen LogP contribution in [0.5, 0.6) is 0 Å². The largest absolute Gasteiger partial charge is 0.354 e. The van der Waals surface area contributed by atoms with E-state index in [4.69, 9.17) is 17.3 Å². The lowest BCUT2D eigenvalue weighted by molar-refractivity contribution is -0.122. The maximum absolute atomic E-state index is 12.0. The van der Waals surface area contributed by atoms with Gasteiger partial charge in [-0.2, -0.15) is 11.8 Å². The van der Waals surface area contributed by atoms with Gasteiger partial charge in [-0.1, -0.05) is 11.6 Å². The van der Waals surface area contributed by atoms with Gasteiger partial charge in [-0.25, -0.2) is 8.42 Å². The smallest absolute Gasteiger partial charge is 0.236 e. The molecule has 5 nitrogen and oxygen atoms in total. The van der Waals surface area contributed by atoms with Crippen LogP contribution in [-0.4, -0.2) is 44.7 Å². The summed E-state index contributed by atoms with van der Waals surface area (Å²) in [5.41, 5.74) is 5.69. The Morgan fingerprint density at radius 3 is 2.50 bits per heavy atom. The van der Waals surface area contributed by atoms with Crippen LogP contribution >= 0.6 is 35.8 Å². The van der Waals surface area contributed by atoms with Crippen molar-refractivity contribution in [3.05, 3.63) is 29.3 Å². The van der Waals surface area contributed by atoms with E-state index in [1.54, 1.807) is 11.8 Å². The summed E-state index contributed by atoms with van der Waals surface area (Å²) in [5, 5.41) is 3.02. The summed E-state index contributed by atoms with van der Waals surface area (Å²) < 4.78 is 24.1. The molecule has 0 aliphatic heterocycles. The Morgan fingerprint density at radius 1 is 1.36 bits per heavy atom. The Morgan fingerprint density at radius 2 is 1.95 bits per heavy atom. The van der Waals surface area contributed by atoms with Gasteiger partial charge >= 0.3 is 0 Å². The number of amides is 1. The molecule has 1 aromatic rings. The van der Waals surface area contributed by atoms with Gasteiger partial charge in [0, 0.05) is 11.6 Å². The summed E-state index contributed by atoms with van der Waals surface area (Å²) in [4.78, 5) is 11.8. The van der Waals surface area contributed by atoms with Gasteiger partial charge in [0.2, 0.25) is 5.91 Å². The van der Waals surface area contributed by atoms with Crippen LogP contribution in [0.2, 0.25) is 5.02 Å². The van der Waals surface area contributed by atoms with Gasteiger partial charge in [-0.05, 0) is 42.7 Å². The van der Waals surface area contributed by atoms with Crippen molar-refractivity contribution in [3.8, 4) is 0 Å². The third-order valence-corrected chi connectivity index (χ3v) is 5.44. The maximum atomic E-state index is 12.0. The van der Waals surface area contributed by atoms with Crippen LogP contribution in [0.4, 0.5) is 0 Å². The second kappa shape index (κ2) is 10.3. The van der Waals surface area contributed by atoms with Gasteiger partial charge in [0.05, 0.1) is 16.7 Å². The number of hydrogen-bond acceptors (Lipinski definition) is 5.